The van der Waals surface area contributed by atoms with E-state index in [1.165, 1.54) is 0 Å². The molecule has 0 saturated carbocycles. The molecular formula is C7H11BrN2O. The summed E-state index contributed by atoms with van der Waals surface area (Å²) < 4.78 is 8.06. The molecule has 1 heterocycles. The fourth-order valence-electron chi connectivity index (χ4n) is 0.878. The molecule has 0 aliphatic carbocycles. The Bertz CT molecular complexity index is 224. The van der Waals surface area contributed by atoms with Crippen molar-refractivity contribution >= 4 is 15.9 Å². The quantitative estimate of drug-likeness (QED) is 0.779. The lowest BCUT2D eigenvalue weighted by molar-refractivity contribution is 0.0143. The number of hydrogen-bond donors (Lipinski definition) is 0. The van der Waals surface area contributed by atoms with Crippen molar-refractivity contribution in [3.63, 3.8) is 0 Å². The van der Waals surface area contributed by atoms with Gasteiger partial charge in [0.15, 0.2) is 0 Å². The molecule has 0 aromatic carbocycles. The van der Waals surface area contributed by atoms with Crippen LogP contribution < -0.4 is 0 Å². The highest BCUT2D eigenvalue weighted by Crippen LogP contribution is 2.14. The highest BCUT2D eigenvalue weighted by Gasteiger charge is 2.06. The second kappa shape index (κ2) is 3.88. The molecular weight excluding hydrogens is 208 g/mol. The van der Waals surface area contributed by atoms with Gasteiger partial charge in [-0.2, -0.15) is 5.10 Å². The number of rotatable bonds is 3. The Balaban J connectivity index is 2.67. The molecule has 4 heteroatoms. The zero-order valence-electron chi connectivity index (χ0n) is 6.62. The molecule has 1 aromatic rings. The van der Waals surface area contributed by atoms with Crippen LogP contribution in [0.1, 0.15) is 20.1 Å². The standard InChI is InChI=1S/C7H11BrN2O/c1-3-11-6(2)10-7(8)4-5-9-10/h4-6H,3H2,1-2H3. The van der Waals surface area contributed by atoms with E-state index in [0.717, 1.165) is 4.60 Å². The third-order valence-corrected chi connectivity index (χ3v) is 2.00. The summed E-state index contributed by atoms with van der Waals surface area (Å²) in [6, 6.07) is 1.88. The first kappa shape index (κ1) is 8.74. The average molecular weight is 219 g/mol. The van der Waals surface area contributed by atoms with Gasteiger partial charge in [-0.3, -0.25) is 0 Å². The van der Waals surface area contributed by atoms with Gasteiger partial charge in [0.05, 0.1) is 6.20 Å². The summed E-state index contributed by atoms with van der Waals surface area (Å²) in [5.41, 5.74) is 0. The number of hydrogen-bond acceptors (Lipinski definition) is 2. The Morgan fingerprint density at radius 2 is 2.55 bits per heavy atom. The molecule has 62 valence electrons. The molecule has 0 aliphatic heterocycles. The highest BCUT2D eigenvalue weighted by molar-refractivity contribution is 9.10. The minimum atomic E-state index is 0.00405. The van der Waals surface area contributed by atoms with Crippen LogP contribution in [0.25, 0.3) is 0 Å². The first-order chi connectivity index (χ1) is 5.25. The van der Waals surface area contributed by atoms with E-state index >= 15 is 0 Å². The molecule has 11 heavy (non-hydrogen) atoms. The molecule has 0 amide bonds. The van der Waals surface area contributed by atoms with E-state index in [1.807, 2.05) is 19.9 Å². The van der Waals surface area contributed by atoms with Crippen LogP contribution in [0.2, 0.25) is 0 Å². The van der Waals surface area contributed by atoms with Crippen LogP contribution in [0.15, 0.2) is 16.9 Å². The van der Waals surface area contributed by atoms with E-state index in [4.69, 9.17) is 4.74 Å². The second-order valence-electron chi connectivity index (χ2n) is 2.15. The van der Waals surface area contributed by atoms with Gasteiger partial charge in [-0.15, -0.1) is 0 Å². The fourth-order valence-corrected chi connectivity index (χ4v) is 1.38. The Morgan fingerprint density at radius 1 is 1.82 bits per heavy atom. The molecule has 1 aromatic heterocycles. The second-order valence-corrected chi connectivity index (χ2v) is 2.97. The first-order valence-corrected chi connectivity index (χ1v) is 4.35. The normalized spacial score (nSPS) is 13.4. The summed E-state index contributed by atoms with van der Waals surface area (Å²) in [5.74, 6) is 0. The van der Waals surface area contributed by atoms with Crippen molar-refractivity contribution in [3.05, 3.63) is 16.9 Å². The van der Waals surface area contributed by atoms with Gasteiger partial charge in [-0.1, -0.05) is 0 Å². The molecule has 1 atom stereocenters. The largest absolute Gasteiger partial charge is 0.357 e. The van der Waals surface area contributed by atoms with E-state index in [0.29, 0.717) is 6.61 Å². The van der Waals surface area contributed by atoms with Crippen LogP contribution in [0.5, 0.6) is 0 Å². The molecule has 1 rings (SSSR count). The van der Waals surface area contributed by atoms with E-state index in [1.54, 1.807) is 10.9 Å². The van der Waals surface area contributed by atoms with Crippen LogP contribution in [-0.2, 0) is 4.74 Å². The monoisotopic (exact) mass is 218 g/mol. The molecule has 0 spiro atoms. The summed E-state index contributed by atoms with van der Waals surface area (Å²) in [6.45, 7) is 4.63. The van der Waals surface area contributed by atoms with Crippen LogP contribution in [-0.4, -0.2) is 16.4 Å². The van der Waals surface area contributed by atoms with Crippen LogP contribution in [0.3, 0.4) is 0 Å². The van der Waals surface area contributed by atoms with Crippen molar-refractivity contribution < 1.29 is 4.74 Å². The van der Waals surface area contributed by atoms with E-state index in [2.05, 4.69) is 21.0 Å². The minimum absolute atomic E-state index is 0.00405. The van der Waals surface area contributed by atoms with E-state index in [-0.39, 0.29) is 6.23 Å². The zero-order valence-corrected chi connectivity index (χ0v) is 8.21. The molecule has 0 fully saturated rings. The van der Waals surface area contributed by atoms with Gasteiger partial charge in [0.25, 0.3) is 0 Å². The summed E-state index contributed by atoms with van der Waals surface area (Å²) in [7, 11) is 0. The molecule has 0 bridgehead atoms. The molecule has 1 unspecified atom stereocenters. The maximum Gasteiger partial charge on any atom is 0.148 e. The lowest BCUT2D eigenvalue weighted by Crippen LogP contribution is -2.10. The highest BCUT2D eigenvalue weighted by atomic mass is 79.9. The zero-order chi connectivity index (χ0) is 8.27. The van der Waals surface area contributed by atoms with Gasteiger partial charge in [0.1, 0.15) is 10.8 Å². The van der Waals surface area contributed by atoms with Crippen molar-refractivity contribution in [1.82, 2.24) is 9.78 Å². The van der Waals surface area contributed by atoms with Gasteiger partial charge >= 0.3 is 0 Å². The fraction of sp³-hybridized carbons (Fsp3) is 0.571. The van der Waals surface area contributed by atoms with E-state index < -0.39 is 0 Å². The van der Waals surface area contributed by atoms with Crippen LogP contribution in [0, 0.1) is 0 Å². The third-order valence-electron chi connectivity index (χ3n) is 1.37. The van der Waals surface area contributed by atoms with Crippen molar-refractivity contribution in [2.45, 2.75) is 20.1 Å². The maximum atomic E-state index is 5.34. The predicted octanol–water partition coefficient (Wildman–Crippen LogP) is 2.20. The maximum absolute atomic E-state index is 5.34. The van der Waals surface area contributed by atoms with Gasteiger partial charge < -0.3 is 4.74 Å². The number of aromatic nitrogens is 2. The summed E-state index contributed by atoms with van der Waals surface area (Å²) in [6.07, 6.45) is 1.74. The number of ether oxygens (including phenoxy) is 1. The third kappa shape index (κ3) is 2.04. The summed E-state index contributed by atoms with van der Waals surface area (Å²) >= 11 is 3.36. The number of halogens is 1. The molecule has 0 saturated heterocycles. The Hall–Kier alpha value is -0.350. The van der Waals surface area contributed by atoms with Gasteiger partial charge in [-0.25, -0.2) is 4.68 Å². The van der Waals surface area contributed by atoms with Crippen molar-refractivity contribution in [3.8, 4) is 0 Å². The molecule has 0 N–H and O–H groups in total. The minimum Gasteiger partial charge on any atom is -0.357 e. The Labute approximate surface area is 74.5 Å². The smallest absolute Gasteiger partial charge is 0.148 e. The van der Waals surface area contributed by atoms with Gasteiger partial charge in [-0.05, 0) is 35.8 Å². The first-order valence-electron chi connectivity index (χ1n) is 3.56. The predicted molar refractivity (Wildman–Crippen MR) is 46.3 cm³/mol. The SMILES string of the molecule is CCOC(C)n1nccc1Br. The van der Waals surface area contributed by atoms with Crippen molar-refractivity contribution in [1.29, 1.82) is 0 Å². The van der Waals surface area contributed by atoms with Gasteiger partial charge in [0, 0.05) is 6.61 Å². The van der Waals surface area contributed by atoms with E-state index in [9.17, 15) is 0 Å². The lowest BCUT2D eigenvalue weighted by Gasteiger charge is -2.12. The topological polar surface area (TPSA) is 27.1 Å². The van der Waals surface area contributed by atoms with Crippen LogP contribution >= 0.6 is 15.9 Å². The Morgan fingerprint density at radius 3 is 3.00 bits per heavy atom. The Kier molecular flexibility index (Phi) is 3.08. The van der Waals surface area contributed by atoms with Crippen molar-refractivity contribution in [2.75, 3.05) is 6.61 Å². The van der Waals surface area contributed by atoms with Gasteiger partial charge in [0.2, 0.25) is 0 Å². The average Bonchev–Trinajstić information content (AvgIpc) is 2.36. The molecule has 0 aliphatic rings. The number of nitrogens with zero attached hydrogens (tertiary/aromatic N) is 2. The van der Waals surface area contributed by atoms with Crippen molar-refractivity contribution in [2.24, 2.45) is 0 Å². The lowest BCUT2D eigenvalue weighted by atomic mass is 10.6. The summed E-state index contributed by atoms with van der Waals surface area (Å²) in [5, 5.41) is 4.08. The summed E-state index contributed by atoms with van der Waals surface area (Å²) in [4.78, 5) is 0. The molecule has 0 radical (unpaired) electrons. The molecule has 3 nitrogen and oxygen atoms in total. The van der Waals surface area contributed by atoms with Crippen LogP contribution in [0.4, 0.5) is 0 Å².